The number of rotatable bonds is 7. The molecule has 0 aliphatic heterocycles. The molecule has 1 unspecified atom stereocenters. The number of thioether (sulfide) groups is 1. The molecular weight excluding hydrogens is 244 g/mol. The first-order chi connectivity index (χ1) is 8.13. The van der Waals surface area contributed by atoms with Gasteiger partial charge in [-0.05, 0) is 12.1 Å². The summed E-state index contributed by atoms with van der Waals surface area (Å²) < 4.78 is 31.0. The Hall–Kier alpha value is -0.650. The second-order valence-electron chi connectivity index (χ2n) is 3.70. The third-order valence-electron chi connectivity index (χ3n) is 2.14. The molecule has 0 saturated carbocycles. The third-order valence-corrected chi connectivity index (χ3v) is 3.29. The van der Waals surface area contributed by atoms with Crippen LogP contribution in [0.1, 0.15) is 6.92 Å². The topological polar surface area (TPSA) is 21.3 Å². The minimum absolute atomic E-state index is 0.215. The summed E-state index contributed by atoms with van der Waals surface area (Å²) in [4.78, 5) is 0.479. The molecule has 1 N–H and O–H groups in total. The molecule has 17 heavy (non-hydrogen) atoms. The van der Waals surface area contributed by atoms with Crippen LogP contribution in [0.4, 0.5) is 8.78 Å². The van der Waals surface area contributed by atoms with Gasteiger partial charge in [-0.1, -0.05) is 6.92 Å². The molecular formula is C12H17F2NOS. The summed E-state index contributed by atoms with van der Waals surface area (Å²) >= 11 is 1.39. The Morgan fingerprint density at radius 1 is 1.41 bits per heavy atom. The molecule has 1 rings (SSSR count). The van der Waals surface area contributed by atoms with Crippen LogP contribution in [-0.4, -0.2) is 32.1 Å². The molecule has 0 bridgehead atoms. The van der Waals surface area contributed by atoms with Crippen LogP contribution in [0.15, 0.2) is 23.1 Å². The number of hydrogen-bond acceptors (Lipinski definition) is 3. The number of halogens is 2. The summed E-state index contributed by atoms with van der Waals surface area (Å²) in [5.74, 6) is -1.04. The molecule has 5 heteroatoms. The molecule has 0 amide bonds. The summed E-state index contributed by atoms with van der Waals surface area (Å²) in [6.07, 6.45) is 0. The van der Waals surface area contributed by atoms with Gasteiger partial charge in [0.15, 0.2) is 0 Å². The highest BCUT2D eigenvalue weighted by Gasteiger charge is 2.09. The minimum atomic E-state index is -0.544. The SMILES string of the molecule is COCCNCC(C)Sc1ccc(F)cc1F. The van der Waals surface area contributed by atoms with Crippen LogP contribution in [0, 0.1) is 11.6 Å². The average molecular weight is 261 g/mol. The Morgan fingerprint density at radius 2 is 2.18 bits per heavy atom. The van der Waals surface area contributed by atoms with Crippen LogP contribution >= 0.6 is 11.8 Å². The van der Waals surface area contributed by atoms with E-state index in [4.69, 9.17) is 4.74 Å². The Morgan fingerprint density at radius 3 is 2.82 bits per heavy atom. The van der Waals surface area contributed by atoms with Gasteiger partial charge in [0.25, 0.3) is 0 Å². The Kier molecular flexibility index (Phi) is 6.47. The lowest BCUT2D eigenvalue weighted by atomic mass is 10.3. The molecule has 1 atom stereocenters. The maximum atomic E-state index is 13.4. The third kappa shape index (κ3) is 5.48. The first kappa shape index (κ1) is 14.4. The van der Waals surface area contributed by atoms with Crippen LogP contribution in [0.25, 0.3) is 0 Å². The number of ether oxygens (including phenoxy) is 1. The first-order valence-corrected chi connectivity index (χ1v) is 6.33. The lowest BCUT2D eigenvalue weighted by molar-refractivity contribution is 0.199. The van der Waals surface area contributed by atoms with Crippen molar-refractivity contribution < 1.29 is 13.5 Å². The fraction of sp³-hybridized carbons (Fsp3) is 0.500. The van der Waals surface area contributed by atoms with Crippen molar-refractivity contribution in [3.05, 3.63) is 29.8 Å². The predicted molar refractivity (Wildman–Crippen MR) is 66.4 cm³/mol. The van der Waals surface area contributed by atoms with Crippen LogP contribution in [0.5, 0.6) is 0 Å². The molecule has 0 radical (unpaired) electrons. The highest BCUT2D eigenvalue weighted by Crippen LogP contribution is 2.26. The van der Waals surface area contributed by atoms with Gasteiger partial charge in [0, 0.05) is 36.4 Å². The number of benzene rings is 1. The maximum Gasteiger partial charge on any atom is 0.139 e. The summed E-state index contributed by atoms with van der Waals surface area (Å²) in [6, 6.07) is 3.66. The summed E-state index contributed by atoms with van der Waals surface area (Å²) in [6.45, 7) is 4.17. The van der Waals surface area contributed by atoms with Crippen molar-refractivity contribution in [2.24, 2.45) is 0 Å². The van der Waals surface area contributed by atoms with Gasteiger partial charge in [-0.15, -0.1) is 11.8 Å². The Bertz CT molecular complexity index is 349. The second kappa shape index (κ2) is 7.63. The first-order valence-electron chi connectivity index (χ1n) is 5.45. The smallest absolute Gasteiger partial charge is 0.139 e. The van der Waals surface area contributed by atoms with Crippen molar-refractivity contribution in [1.29, 1.82) is 0 Å². The molecule has 96 valence electrons. The summed E-state index contributed by atoms with van der Waals surface area (Å²) in [5.41, 5.74) is 0. The maximum absolute atomic E-state index is 13.4. The molecule has 0 aromatic heterocycles. The van der Waals surface area contributed by atoms with E-state index < -0.39 is 11.6 Å². The van der Waals surface area contributed by atoms with Crippen molar-refractivity contribution >= 4 is 11.8 Å². The summed E-state index contributed by atoms with van der Waals surface area (Å²) in [7, 11) is 1.65. The highest BCUT2D eigenvalue weighted by atomic mass is 32.2. The van der Waals surface area contributed by atoms with E-state index in [9.17, 15) is 8.78 Å². The van der Waals surface area contributed by atoms with Crippen molar-refractivity contribution in [1.82, 2.24) is 5.32 Å². The van der Waals surface area contributed by atoms with Gasteiger partial charge in [-0.3, -0.25) is 0 Å². The van der Waals surface area contributed by atoms with E-state index >= 15 is 0 Å². The standard InChI is InChI=1S/C12H17F2NOS/c1-9(8-15-5-6-16-2)17-12-4-3-10(13)7-11(12)14/h3-4,7,9,15H,5-6,8H2,1-2H3. The Labute approximate surface area is 105 Å². The molecule has 0 fully saturated rings. The van der Waals surface area contributed by atoms with Gasteiger partial charge in [0.05, 0.1) is 6.61 Å². The van der Waals surface area contributed by atoms with Crippen LogP contribution in [-0.2, 0) is 4.74 Å². The minimum Gasteiger partial charge on any atom is -0.383 e. The quantitative estimate of drug-likeness (QED) is 0.602. The van der Waals surface area contributed by atoms with E-state index in [2.05, 4.69) is 5.32 Å². The van der Waals surface area contributed by atoms with Crippen LogP contribution in [0.2, 0.25) is 0 Å². The zero-order chi connectivity index (χ0) is 12.7. The van der Waals surface area contributed by atoms with Crippen LogP contribution < -0.4 is 5.32 Å². The van der Waals surface area contributed by atoms with Crippen molar-refractivity contribution in [3.8, 4) is 0 Å². The van der Waals surface area contributed by atoms with Crippen molar-refractivity contribution in [2.45, 2.75) is 17.1 Å². The molecule has 2 nitrogen and oxygen atoms in total. The van der Waals surface area contributed by atoms with E-state index in [1.165, 1.54) is 23.9 Å². The second-order valence-corrected chi connectivity index (χ2v) is 5.18. The predicted octanol–water partition coefficient (Wildman–Crippen LogP) is 2.68. The van der Waals surface area contributed by atoms with Crippen molar-refractivity contribution in [2.75, 3.05) is 26.8 Å². The van der Waals surface area contributed by atoms with E-state index in [0.29, 0.717) is 11.5 Å². The van der Waals surface area contributed by atoms with Gasteiger partial charge in [-0.2, -0.15) is 0 Å². The lowest BCUT2D eigenvalue weighted by Crippen LogP contribution is -2.26. The highest BCUT2D eigenvalue weighted by molar-refractivity contribution is 8.00. The summed E-state index contributed by atoms with van der Waals surface area (Å²) in [5, 5.41) is 3.41. The van der Waals surface area contributed by atoms with E-state index in [0.717, 1.165) is 19.2 Å². The molecule has 0 aliphatic carbocycles. The fourth-order valence-corrected chi connectivity index (χ4v) is 2.26. The van der Waals surface area contributed by atoms with Gasteiger partial charge in [0.2, 0.25) is 0 Å². The van der Waals surface area contributed by atoms with Gasteiger partial charge in [0.1, 0.15) is 11.6 Å². The van der Waals surface area contributed by atoms with E-state index in [1.807, 2.05) is 6.92 Å². The lowest BCUT2D eigenvalue weighted by Gasteiger charge is -2.12. The normalized spacial score (nSPS) is 12.7. The number of nitrogens with one attached hydrogen (secondary N) is 1. The molecule has 0 aliphatic rings. The molecule has 0 saturated heterocycles. The van der Waals surface area contributed by atoms with Crippen LogP contribution in [0.3, 0.4) is 0 Å². The van der Waals surface area contributed by atoms with Gasteiger partial charge < -0.3 is 10.1 Å². The fourth-order valence-electron chi connectivity index (χ4n) is 1.31. The van der Waals surface area contributed by atoms with Gasteiger partial charge >= 0.3 is 0 Å². The molecule has 0 heterocycles. The largest absolute Gasteiger partial charge is 0.383 e. The van der Waals surface area contributed by atoms with Crippen molar-refractivity contribution in [3.63, 3.8) is 0 Å². The molecule has 1 aromatic rings. The van der Waals surface area contributed by atoms with E-state index in [-0.39, 0.29) is 5.25 Å². The number of methoxy groups -OCH3 is 1. The number of hydrogen-bond donors (Lipinski definition) is 1. The van der Waals surface area contributed by atoms with Gasteiger partial charge in [-0.25, -0.2) is 8.78 Å². The Balaban J connectivity index is 2.37. The molecule has 0 spiro atoms. The average Bonchev–Trinajstić information content (AvgIpc) is 2.28. The molecule has 1 aromatic carbocycles. The zero-order valence-electron chi connectivity index (χ0n) is 10.0. The monoisotopic (exact) mass is 261 g/mol. The van der Waals surface area contributed by atoms with E-state index in [1.54, 1.807) is 7.11 Å². The zero-order valence-corrected chi connectivity index (χ0v) is 10.8.